The standard InChI is InChI=1S/C12H27NO4/c1-4-16-5-6-17-8-11(15)7-13-9-12(2,3)10-14/h11,13-15H,4-10H2,1-3H3. The van der Waals surface area contributed by atoms with Gasteiger partial charge in [-0.1, -0.05) is 13.8 Å². The zero-order valence-electron chi connectivity index (χ0n) is 11.2. The third-order valence-electron chi connectivity index (χ3n) is 2.30. The minimum atomic E-state index is -0.522. The second-order valence-corrected chi connectivity index (χ2v) is 4.88. The van der Waals surface area contributed by atoms with Crippen LogP contribution < -0.4 is 5.32 Å². The normalized spacial score (nSPS) is 13.9. The van der Waals surface area contributed by atoms with Gasteiger partial charge >= 0.3 is 0 Å². The Morgan fingerprint density at radius 3 is 2.47 bits per heavy atom. The minimum Gasteiger partial charge on any atom is -0.396 e. The summed E-state index contributed by atoms with van der Waals surface area (Å²) in [6, 6.07) is 0. The topological polar surface area (TPSA) is 71.0 Å². The van der Waals surface area contributed by atoms with Crippen LogP contribution in [-0.2, 0) is 9.47 Å². The maximum Gasteiger partial charge on any atom is 0.0897 e. The van der Waals surface area contributed by atoms with Gasteiger partial charge in [-0.3, -0.25) is 0 Å². The summed E-state index contributed by atoms with van der Waals surface area (Å²) in [5, 5.41) is 21.7. The van der Waals surface area contributed by atoms with Crippen molar-refractivity contribution in [2.75, 3.05) is 46.1 Å². The van der Waals surface area contributed by atoms with Gasteiger partial charge < -0.3 is 25.0 Å². The molecule has 5 nitrogen and oxygen atoms in total. The fourth-order valence-corrected chi connectivity index (χ4v) is 1.17. The number of hydrogen-bond donors (Lipinski definition) is 3. The molecule has 0 saturated heterocycles. The Bertz CT molecular complexity index is 176. The summed E-state index contributed by atoms with van der Waals surface area (Å²) in [6.07, 6.45) is -0.522. The molecule has 0 aromatic rings. The molecule has 5 heteroatoms. The average Bonchev–Trinajstić information content (AvgIpc) is 2.28. The van der Waals surface area contributed by atoms with Crippen molar-refractivity contribution < 1.29 is 19.7 Å². The zero-order chi connectivity index (χ0) is 13.1. The number of rotatable bonds is 11. The monoisotopic (exact) mass is 249 g/mol. The van der Waals surface area contributed by atoms with Gasteiger partial charge in [-0.25, -0.2) is 0 Å². The molecule has 0 aliphatic carbocycles. The number of nitrogens with one attached hydrogen (secondary N) is 1. The molecule has 17 heavy (non-hydrogen) atoms. The summed E-state index contributed by atoms with van der Waals surface area (Å²) in [5.41, 5.74) is -0.157. The lowest BCUT2D eigenvalue weighted by Gasteiger charge is -2.23. The Kier molecular flexibility index (Phi) is 9.68. The van der Waals surface area contributed by atoms with Gasteiger partial charge in [0.25, 0.3) is 0 Å². The Morgan fingerprint density at radius 1 is 1.24 bits per heavy atom. The first kappa shape index (κ1) is 16.8. The van der Waals surface area contributed by atoms with E-state index in [1.54, 1.807) is 0 Å². The molecule has 0 aliphatic heterocycles. The Hall–Kier alpha value is -0.200. The van der Waals surface area contributed by atoms with E-state index in [2.05, 4.69) is 5.32 Å². The van der Waals surface area contributed by atoms with Crippen molar-refractivity contribution in [2.24, 2.45) is 5.41 Å². The maximum atomic E-state index is 9.58. The van der Waals surface area contributed by atoms with Gasteiger partial charge in [0, 0.05) is 31.7 Å². The van der Waals surface area contributed by atoms with E-state index in [4.69, 9.17) is 14.6 Å². The van der Waals surface area contributed by atoms with E-state index in [1.807, 2.05) is 20.8 Å². The van der Waals surface area contributed by atoms with E-state index in [9.17, 15) is 5.11 Å². The lowest BCUT2D eigenvalue weighted by molar-refractivity contribution is 0.00553. The van der Waals surface area contributed by atoms with Crippen LogP contribution in [-0.4, -0.2) is 62.4 Å². The van der Waals surface area contributed by atoms with Crippen LogP contribution in [0.4, 0.5) is 0 Å². The van der Waals surface area contributed by atoms with Gasteiger partial charge in [0.15, 0.2) is 0 Å². The zero-order valence-corrected chi connectivity index (χ0v) is 11.2. The molecule has 0 saturated carbocycles. The highest BCUT2D eigenvalue weighted by molar-refractivity contribution is 4.71. The Morgan fingerprint density at radius 2 is 1.88 bits per heavy atom. The third-order valence-corrected chi connectivity index (χ3v) is 2.30. The molecule has 0 amide bonds. The van der Waals surface area contributed by atoms with Crippen molar-refractivity contribution in [1.29, 1.82) is 0 Å². The maximum absolute atomic E-state index is 9.58. The molecule has 0 aromatic heterocycles. The quantitative estimate of drug-likeness (QED) is 0.450. The first-order valence-electron chi connectivity index (χ1n) is 6.17. The van der Waals surface area contributed by atoms with Crippen molar-refractivity contribution in [3.8, 4) is 0 Å². The minimum absolute atomic E-state index is 0.126. The number of aliphatic hydroxyl groups excluding tert-OH is 2. The van der Waals surface area contributed by atoms with E-state index in [0.29, 0.717) is 39.5 Å². The molecule has 0 spiro atoms. The third kappa shape index (κ3) is 10.7. The average molecular weight is 249 g/mol. The summed E-state index contributed by atoms with van der Waals surface area (Å²) in [7, 11) is 0. The predicted octanol–water partition coefficient (Wildman–Crippen LogP) is 0.00850. The van der Waals surface area contributed by atoms with Crippen molar-refractivity contribution in [3.63, 3.8) is 0 Å². The molecule has 0 rings (SSSR count). The van der Waals surface area contributed by atoms with Crippen LogP contribution in [0.5, 0.6) is 0 Å². The molecule has 0 heterocycles. The van der Waals surface area contributed by atoms with Gasteiger partial charge in [-0.15, -0.1) is 0 Å². The fourth-order valence-electron chi connectivity index (χ4n) is 1.17. The van der Waals surface area contributed by atoms with E-state index in [-0.39, 0.29) is 12.0 Å². The van der Waals surface area contributed by atoms with Crippen LogP contribution in [0, 0.1) is 5.41 Å². The molecule has 1 atom stereocenters. The first-order valence-corrected chi connectivity index (χ1v) is 6.17. The number of ether oxygens (including phenoxy) is 2. The van der Waals surface area contributed by atoms with Crippen molar-refractivity contribution in [1.82, 2.24) is 5.32 Å². The van der Waals surface area contributed by atoms with Crippen molar-refractivity contribution in [2.45, 2.75) is 26.9 Å². The number of hydrogen-bond acceptors (Lipinski definition) is 5. The number of aliphatic hydroxyl groups is 2. The van der Waals surface area contributed by atoms with E-state index in [0.717, 1.165) is 0 Å². The van der Waals surface area contributed by atoms with Gasteiger partial charge in [-0.05, 0) is 6.92 Å². The molecule has 0 aliphatic rings. The smallest absolute Gasteiger partial charge is 0.0897 e. The van der Waals surface area contributed by atoms with Crippen molar-refractivity contribution >= 4 is 0 Å². The fraction of sp³-hybridized carbons (Fsp3) is 1.00. The van der Waals surface area contributed by atoms with Crippen LogP contribution in [0.3, 0.4) is 0 Å². The first-order chi connectivity index (χ1) is 8.02. The molecule has 0 bridgehead atoms. The van der Waals surface area contributed by atoms with Crippen LogP contribution >= 0.6 is 0 Å². The Balaban J connectivity index is 3.37. The van der Waals surface area contributed by atoms with E-state index in [1.165, 1.54) is 0 Å². The van der Waals surface area contributed by atoms with E-state index >= 15 is 0 Å². The van der Waals surface area contributed by atoms with Crippen LogP contribution in [0.1, 0.15) is 20.8 Å². The lowest BCUT2D eigenvalue weighted by Crippen LogP contribution is -2.38. The second kappa shape index (κ2) is 9.79. The molecular weight excluding hydrogens is 222 g/mol. The van der Waals surface area contributed by atoms with Gasteiger partial charge in [0.1, 0.15) is 0 Å². The van der Waals surface area contributed by atoms with Gasteiger partial charge in [0.05, 0.1) is 25.9 Å². The van der Waals surface area contributed by atoms with Crippen LogP contribution in [0.25, 0.3) is 0 Å². The molecule has 0 aromatic carbocycles. The summed E-state index contributed by atoms with van der Waals surface area (Å²) in [4.78, 5) is 0. The highest BCUT2D eigenvalue weighted by atomic mass is 16.5. The largest absolute Gasteiger partial charge is 0.396 e. The summed E-state index contributed by atoms with van der Waals surface area (Å²) < 4.78 is 10.3. The molecule has 1 unspecified atom stereocenters. The summed E-state index contributed by atoms with van der Waals surface area (Å²) in [5.74, 6) is 0. The summed E-state index contributed by atoms with van der Waals surface area (Å²) >= 11 is 0. The van der Waals surface area contributed by atoms with Gasteiger partial charge in [0.2, 0.25) is 0 Å². The van der Waals surface area contributed by atoms with Gasteiger partial charge in [-0.2, -0.15) is 0 Å². The molecular formula is C12H27NO4. The second-order valence-electron chi connectivity index (χ2n) is 4.88. The van der Waals surface area contributed by atoms with Crippen molar-refractivity contribution in [3.05, 3.63) is 0 Å². The lowest BCUT2D eigenvalue weighted by atomic mass is 9.95. The van der Waals surface area contributed by atoms with Crippen LogP contribution in [0.2, 0.25) is 0 Å². The highest BCUT2D eigenvalue weighted by Crippen LogP contribution is 2.10. The summed E-state index contributed by atoms with van der Waals surface area (Å²) in [6.45, 7) is 9.18. The molecule has 3 N–H and O–H groups in total. The SMILES string of the molecule is CCOCCOCC(O)CNCC(C)(C)CO. The predicted molar refractivity (Wildman–Crippen MR) is 67.1 cm³/mol. The molecule has 0 fully saturated rings. The van der Waals surface area contributed by atoms with Crippen LogP contribution in [0.15, 0.2) is 0 Å². The Labute approximate surface area is 104 Å². The molecule has 0 radical (unpaired) electrons. The highest BCUT2D eigenvalue weighted by Gasteiger charge is 2.16. The molecule has 104 valence electrons. The van der Waals surface area contributed by atoms with E-state index < -0.39 is 6.10 Å².